The predicted molar refractivity (Wildman–Crippen MR) is 122 cm³/mol. The smallest absolute Gasteiger partial charge is 0.262 e. The van der Waals surface area contributed by atoms with Gasteiger partial charge >= 0.3 is 0 Å². The van der Waals surface area contributed by atoms with Gasteiger partial charge in [-0.15, -0.1) is 0 Å². The molecule has 2 aromatic carbocycles. The first-order chi connectivity index (χ1) is 15.3. The summed E-state index contributed by atoms with van der Waals surface area (Å²) in [5, 5.41) is 2.90. The van der Waals surface area contributed by atoms with Gasteiger partial charge in [0.2, 0.25) is 5.91 Å². The summed E-state index contributed by atoms with van der Waals surface area (Å²) in [6.07, 6.45) is 2.41. The summed E-state index contributed by atoms with van der Waals surface area (Å²) >= 11 is 0. The van der Waals surface area contributed by atoms with E-state index in [-0.39, 0.29) is 22.6 Å². The van der Waals surface area contributed by atoms with E-state index < -0.39 is 10.0 Å². The van der Waals surface area contributed by atoms with Crippen LogP contribution in [-0.4, -0.2) is 51.9 Å². The highest BCUT2D eigenvalue weighted by Crippen LogP contribution is 2.22. The van der Waals surface area contributed by atoms with Gasteiger partial charge in [-0.1, -0.05) is 13.0 Å². The van der Waals surface area contributed by atoms with E-state index in [0.29, 0.717) is 36.6 Å². The molecule has 2 amide bonds. The quantitative estimate of drug-likeness (QED) is 0.632. The number of carbonyl (C=O) groups is 2. The lowest BCUT2D eigenvalue weighted by atomic mass is 9.96. The summed E-state index contributed by atoms with van der Waals surface area (Å²) in [6.45, 7) is 3.62. The highest BCUT2D eigenvalue weighted by Gasteiger charge is 2.28. The molecule has 1 aliphatic rings. The van der Waals surface area contributed by atoms with Crippen LogP contribution in [-0.2, 0) is 14.8 Å². The van der Waals surface area contributed by atoms with Crippen molar-refractivity contribution in [1.82, 2.24) is 10.2 Å². The van der Waals surface area contributed by atoms with Crippen LogP contribution in [0.3, 0.4) is 0 Å². The molecule has 0 aromatic heterocycles. The molecule has 0 aliphatic carbocycles. The van der Waals surface area contributed by atoms with Crippen LogP contribution in [0.15, 0.2) is 53.4 Å². The number of benzene rings is 2. The average Bonchev–Trinajstić information content (AvgIpc) is 2.82. The van der Waals surface area contributed by atoms with Crippen molar-refractivity contribution in [2.24, 2.45) is 5.92 Å². The second-order valence-electron chi connectivity index (χ2n) is 7.74. The van der Waals surface area contributed by atoms with E-state index in [9.17, 15) is 18.0 Å². The SMILES string of the molecule is CCCNC(=O)C1CCCN(C(=O)c2ccc(NS(=O)(=O)c3cccc(OC)c3)cc2)C1. The highest BCUT2D eigenvalue weighted by molar-refractivity contribution is 7.92. The largest absolute Gasteiger partial charge is 0.497 e. The Hall–Kier alpha value is -3.07. The van der Waals surface area contributed by atoms with Crippen molar-refractivity contribution >= 4 is 27.5 Å². The molecule has 0 radical (unpaired) electrons. The van der Waals surface area contributed by atoms with Crippen molar-refractivity contribution in [3.63, 3.8) is 0 Å². The maximum Gasteiger partial charge on any atom is 0.262 e. The maximum atomic E-state index is 12.9. The molecule has 0 bridgehead atoms. The summed E-state index contributed by atoms with van der Waals surface area (Å²) in [5.74, 6) is 0.0667. The molecule has 9 heteroatoms. The number of likely N-dealkylation sites (tertiary alicyclic amines) is 1. The van der Waals surface area contributed by atoms with Crippen molar-refractivity contribution in [2.45, 2.75) is 31.1 Å². The number of carbonyl (C=O) groups excluding carboxylic acids is 2. The van der Waals surface area contributed by atoms with E-state index in [0.717, 1.165) is 19.3 Å². The minimum absolute atomic E-state index is 0.00773. The van der Waals surface area contributed by atoms with Crippen LogP contribution < -0.4 is 14.8 Å². The second-order valence-corrected chi connectivity index (χ2v) is 9.43. The Morgan fingerprint density at radius 2 is 1.91 bits per heavy atom. The van der Waals surface area contributed by atoms with Gasteiger partial charge in [0.25, 0.3) is 15.9 Å². The van der Waals surface area contributed by atoms with Crippen LogP contribution in [0.2, 0.25) is 0 Å². The van der Waals surface area contributed by atoms with Gasteiger partial charge in [-0.2, -0.15) is 0 Å². The van der Waals surface area contributed by atoms with Gasteiger partial charge in [0, 0.05) is 37.0 Å². The van der Waals surface area contributed by atoms with E-state index in [1.807, 2.05) is 6.92 Å². The average molecular weight is 460 g/mol. The van der Waals surface area contributed by atoms with Crippen molar-refractivity contribution in [1.29, 1.82) is 0 Å². The van der Waals surface area contributed by atoms with Crippen LogP contribution in [0.5, 0.6) is 5.75 Å². The Morgan fingerprint density at radius 3 is 2.59 bits per heavy atom. The third-order valence-electron chi connectivity index (χ3n) is 5.36. The third-order valence-corrected chi connectivity index (χ3v) is 6.74. The minimum Gasteiger partial charge on any atom is -0.497 e. The summed E-state index contributed by atoms with van der Waals surface area (Å²) < 4.78 is 32.9. The van der Waals surface area contributed by atoms with E-state index in [1.165, 1.54) is 19.2 Å². The number of anilines is 1. The molecule has 1 atom stereocenters. The van der Waals surface area contributed by atoms with Crippen LogP contribution in [0, 0.1) is 5.92 Å². The summed E-state index contributed by atoms with van der Waals surface area (Å²) in [7, 11) is -2.32. The summed E-state index contributed by atoms with van der Waals surface area (Å²) in [5.41, 5.74) is 0.795. The van der Waals surface area contributed by atoms with Crippen molar-refractivity contribution in [3.8, 4) is 5.75 Å². The number of hydrogen-bond acceptors (Lipinski definition) is 5. The van der Waals surface area contributed by atoms with Crippen molar-refractivity contribution < 1.29 is 22.7 Å². The van der Waals surface area contributed by atoms with Crippen LogP contribution >= 0.6 is 0 Å². The van der Waals surface area contributed by atoms with Crippen LogP contribution in [0.1, 0.15) is 36.5 Å². The Kier molecular flexibility index (Phi) is 7.74. The molecule has 2 aromatic rings. The molecule has 32 heavy (non-hydrogen) atoms. The fraction of sp³-hybridized carbons (Fsp3) is 0.391. The van der Waals surface area contributed by atoms with E-state index in [1.54, 1.807) is 41.3 Å². The van der Waals surface area contributed by atoms with Crippen LogP contribution in [0.25, 0.3) is 0 Å². The number of rotatable bonds is 8. The van der Waals surface area contributed by atoms with E-state index in [4.69, 9.17) is 4.74 Å². The zero-order valence-electron chi connectivity index (χ0n) is 18.3. The first kappa shape index (κ1) is 23.6. The number of nitrogens with one attached hydrogen (secondary N) is 2. The number of ether oxygens (including phenoxy) is 1. The zero-order valence-corrected chi connectivity index (χ0v) is 19.2. The fourth-order valence-corrected chi connectivity index (χ4v) is 4.71. The Balaban J connectivity index is 1.65. The lowest BCUT2D eigenvalue weighted by molar-refractivity contribution is -0.126. The number of nitrogens with zero attached hydrogens (tertiary/aromatic N) is 1. The van der Waals surface area contributed by atoms with Gasteiger partial charge < -0.3 is 15.0 Å². The third kappa shape index (κ3) is 5.79. The first-order valence-corrected chi connectivity index (χ1v) is 12.2. The van der Waals surface area contributed by atoms with Gasteiger partial charge in [-0.25, -0.2) is 8.42 Å². The highest BCUT2D eigenvalue weighted by atomic mass is 32.2. The van der Waals surface area contributed by atoms with Gasteiger partial charge in [0.05, 0.1) is 17.9 Å². The molecule has 1 aliphatic heterocycles. The van der Waals surface area contributed by atoms with E-state index in [2.05, 4.69) is 10.0 Å². The summed E-state index contributed by atoms with van der Waals surface area (Å²) in [6, 6.07) is 12.5. The normalized spacial score (nSPS) is 16.3. The Labute approximate surface area is 189 Å². The number of methoxy groups -OCH3 is 1. The molecule has 0 spiro atoms. The fourth-order valence-electron chi connectivity index (χ4n) is 3.61. The number of piperidine rings is 1. The Morgan fingerprint density at radius 1 is 1.16 bits per heavy atom. The lowest BCUT2D eigenvalue weighted by Gasteiger charge is -2.32. The molecule has 1 unspecified atom stereocenters. The van der Waals surface area contributed by atoms with Crippen LogP contribution in [0.4, 0.5) is 5.69 Å². The molecule has 8 nitrogen and oxygen atoms in total. The monoisotopic (exact) mass is 459 g/mol. The topological polar surface area (TPSA) is 105 Å². The molecule has 1 heterocycles. The molecule has 0 saturated carbocycles. The van der Waals surface area contributed by atoms with E-state index >= 15 is 0 Å². The number of hydrogen-bond donors (Lipinski definition) is 2. The minimum atomic E-state index is -3.79. The molecule has 1 fully saturated rings. The van der Waals surface area contributed by atoms with Gasteiger partial charge in [-0.3, -0.25) is 14.3 Å². The number of sulfonamides is 1. The van der Waals surface area contributed by atoms with Gasteiger partial charge in [-0.05, 0) is 55.7 Å². The summed E-state index contributed by atoms with van der Waals surface area (Å²) in [4.78, 5) is 27.0. The molecule has 172 valence electrons. The predicted octanol–water partition coefficient (Wildman–Crippen LogP) is 2.87. The second kappa shape index (κ2) is 10.5. The Bertz CT molecular complexity index is 1050. The first-order valence-electron chi connectivity index (χ1n) is 10.7. The lowest BCUT2D eigenvalue weighted by Crippen LogP contribution is -2.45. The molecular weight excluding hydrogens is 430 g/mol. The molecular formula is C23H29N3O5S. The number of amides is 2. The molecule has 1 saturated heterocycles. The molecule has 3 rings (SSSR count). The standard InChI is InChI=1S/C23H29N3O5S/c1-3-13-24-22(27)18-6-5-14-26(16-18)23(28)17-9-11-19(12-10-17)25-32(29,30)21-8-4-7-20(15-21)31-2/h4,7-12,15,18,25H,3,5-6,13-14,16H2,1-2H3,(H,24,27). The van der Waals surface area contributed by atoms with Crippen molar-refractivity contribution in [3.05, 3.63) is 54.1 Å². The maximum absolute atomic E-state index is 12.9. The zero-order chi connectivity index (χ0) is 23.1. The van der Waals surface area contributed by atoms with Crippen molar-refractivity contribution in [2.75, 3.05) is 31.5 Å². The van der Waals surface area contributed by atoms with Gasteiger partial charge in [0.1, 0.15) is 5.75 Å². The van der Waals surface area contributed by atoms with Gasteiger partial charge in [0.15, 0.2) is 0 Å². The molecule has 2 N–H and O–H groups in total.